The minimum absolute atomic E-state index is 0.0414. The van der Waals surface area contributed by atoms with Crippen molar-refractivity contribution in [2.75, 3.05) is 26.2 Å². The lowest BCUT2D eigenvalue weighted by Gasteiger charge is -2.34. The number of carbonyl (C=O) groups is 2. The molecule has 0 radical (unpaired) electrons. The first-order valence-corrected chi connectivity index (χ1v) is 9.23. The van der Waals surface area contributed by atoms with E-state index in [4.69, 9.17) is 0 Å². The molecule has 1 saturated heterocycles. The normalized spacial score (nSPS) is 17.5. The number of nitrogens with one attached hydrogen (secondary N) is 1. The Morgan fingerprint density at radius 2 is 1.50 bits per heavy atom. The van der Waals surface area contributed by atoms with Crippen LogP contribution in [0.25, 0.3) is 0 Å². The van der Waals surface area contributed by atoms with Gasteiger partial charge in [0.25, 0.3) is 11.8 Å². The fourth-order valence-corrected chi connectivity index (χ4v) is 3.61. The quantitative estimate of drug-likeness (QED) is 0.923. The summed E-state index contributed by atoms with van der Waals surface area (Å²) >= 11 is 0. The number of hydrogen-bond acceptors (Lipinski definition) is 3. The number of H-pyrrole nitrogens is 1. The van der Waals surface area contributed by atoms with Gasteiger partial charge >= 0.3 is 0 Å². The zero-order valence-corrected chi connectivity index (χ0v) is 15.3. The Balaban J connectivity index is 1.38. The van der Waals surface area contributed by atoms with Gasteiger partial charge in [0.05, 0.1) is 0 Å². The van der Waals surface area contributed by atoms with Crippen LogP contribution in [0.2, 0.25) is 0 Å². The predicted octanol–water partition coefficient (Wildman–Crippen LogP) is 2.50. The van der Waals surface area contributed by atoms with Crippen molar-refractivity contribution in [2.45, 2.75) is 32.6 Å². The fourth-order valence-electron chi connectivity index (χ4n) is 3.61. The molecule has 2 aromatic rings. The second kappa shape index (κ2) is 6.59. The average molecular weight is 352 g/mol. The first kappa shape index (κ1) is 16.8. The molecule has 1 aromatic carbocycles. The van der Waals surface area contributed by atoms with Crippen LogP contribution in [0.15, 0.2) is 24.3 Å². The molecule has 26 heavy (non-hydrogen) atoms. The number of aryl methyl sites for hydroxylation is 2. The van der Waals surface area contributed by atoms with Gasteiger partial charge in [-0.05, 0) is 44.9 Å². The summed E-state index contributed by atoms with van der Waals surface area (Å²) in [6.45, 7) is 6.19. The van der Waals surface area contributed by atoms with Crippen molar-refractivity contribution in [1.82, 2.24) is 20.0 Å². The summed E-state index contributed by atoms with van der Waals surface area (Å²) in [6.07, 6.45) is 2.35. The Bertz CT molecular complexity index is 825. The fraction of sp³-hybridized carbons (Fsp3) is 0.450. The van der Waals surface area contributed by atoms with Crippen LogP contribution >= 0.6 is 0 Å². The largest absolute Gasteiger partial charge is 0.335 e. The van der Waals surface area contributed by atoms with E-state index in [1.165, 1.54) is 12.8 Å². The van der Waals surface area contributed by atoms with E-state index in [1.807, 2.05) is 36.9 Å². The molecule has 2 aliphatic rings. The van der Waals surface area contributed by atoms with Crippen LogP contribution in [0.1, 0.15) is 56.4 Å². The van der Waals surface area contributed by atoms with E-state index in [0.29, 0.717) is 37.8 Å². The third-order valence-electron chi connectivity index (χ3n) is 5.16. The van der Waals surface area contributed by atoms with Crippen LogP contribution in [-0.2, 0) is 0 Å². The van der Waals surface area contributed by atoms with Gasteiger partial charge in [0, 0.05) is 43.4 Å². The number of aromatic nitrogens is 2. The molecule has 6 heteroatoms. The number of nitrogens with zero attached hydrogens (tertiary/aromatic N) is 3. The molecule has 0 spiro atoms. The number of rotatable bonds is 3. The van der Waals surface area contributed by atoms with Crippen LogP contribution < -0.4 is 0 Å². The third-order valence-corrected chi connectivity index (χ3v) is 5.16. The Labute approximate surface area is 153 Å². The van der Waals surface area contributed by atoms with Crippen LogP contribution in [-0.4, -0.2) is 58.0 Å². The Kier molecular flexibility index (Phi) is 4.26. The highest BCUT2D eigenvalue weighted by Crippen LogP contribution is 2.39. The SMILES string of the molecule is Cc1cc(C)cc(C(=O)N2CCN(C(=O)c3cc(C4CC4)[nH]n3)CC2)c1. The lowest BCUT2D eigenvalue weighted by molar-refractivity contribution is 0.0532. The smallest absolute Gasteiger partial charge is 0.274 e. The van der Waals surface area contributed by atoms with Gasteiger partial charge in [-0.25, -0.2) is 0 Å². The molecule has 2 amide bonds. The van der Waals surface area contributed by atoms with Gasteiger partial charge in [0.1, 0.15) is 5.69 Å². The molecule has 6 nitrogen and oxygen atoms in total. The second-order valence-electron chi connectivity index (χ2n) is 7.44. The van der Waals surface area contributed by atoms with Crippen LogP contribution in [0, 0.1) is 13.8 Å². The number of carbonyl (C=O) groups excluding carboxylic acids is 2. The maximum absolute atomic E-state index is 12.7. The van der Waals surface area contributed by atoms with Crippen molar-refractivity contribution in [3.05, 3.63) is 52.3 Å². The van der Waals surface area contributed by atoms with Gasteiger partial charge in [-0.3, -0.25) is 14.7 Å². The summed E-state index contributed by atoms with van der Waals surface area (Å²) in [6, 6.07) is 7.80. The van der Waals surface area contributed by atoms with Crippen LogP contribution in [0.4, 0.5) is 0 Å². The zero-order chi connectivity index (χ0) is 18.3. The molecule has 1 saturated carbocycles. The first-order valence-electron chi connectivity index (χ1n) is 9.23. The van der Waals surface area contributed by atoms with Crippen molar-refractivity contribution < 1.29 is 9.59 Å². The Hall–Kier alpha value is -2.63. The van der Waals surface area contributed by atoms with E-state index >= 15 is 0 Å². The molecule has 0 unspecified atom stereocenters. The van der Waals surface area contributed by atoms with E-state index < -0.39 is 0 Å². The average Bonchev–Trinajstić information content (AvgIpc) is 3.37. The predicted molar refractivity (Wildman–Crippen MR) is 98.3 cm³/mol. The molecule has 1 aromatic heterocycles. The molecule has 4 rings (SSSR count). The molecule has 0 bridgehead atoms. The zero-order valence-electron chi connectivity index (χ0n) is 15.3. The number of benzene rings is 1. The van der Waals surface area contributed by atoms with Crippen molar-refractivity contribution in [2.24, 2.45) is 0 Å². The minimum Gasteiger partial charge on any atom is -0.335 e. The molecule has 136 valence electrons. The molecule has 1 N–H and O–H groups in total. The van der Waals surface area contributed by atoms with E-state index in [-0.39, 0.29) is 11.8 Å². The van der Waals surface area contributed by atoms with Crippen molar-refractivity contribution in [3.8, 4) is 0 Å². The van der Waals surface area contributed by atoms with Crippen molar-refractivity contribution in [1.29, 1.82) is 0 Å². The summed E-state index contributed by atoms with van der Waals surface area (Å²) in [4.78, 5) is 29.0. The van der Waals surface area contributed by atoms with Crippen LogP contribution in [0.3, 0.4) is 0 Å². The summed E-state index contributed by atoms with van der Waals surface area (Å²) in [5, 5.41) is 7.16. The van der Waals surface area contributed by atoms with Gasteiger partial charge < -0.3 is 9.80 Å². The van der Waals surface area contributed by atoms with Gasteiger partial charge in [-0.15, -0.1) is 0 Å². The topological polar surface area (TPSA) is 69.3 Å². The number of piperazine rings is 1. The molecule has 1 aliphatic carbocycles. The summed E-state index contributed by atoms with van der Waals surface area (Å²) < 4.78 is 0. The third kappa shape index (κ3) is 3.36. The first-order chi connectivity index (χ1) is 12.5. The van der Waals surface area contributed by atoms with E-state index in [2.05, 4.69) is 16.3 Å². The standard InChI is InChI=1S/C20H24N4O2/c1-13-9-14(2)11-16(10-13)19(25)23-5-7-24(8-6-23)20(26)18-12-17(21-22-18)15-3-4-15/h9-12,15H,3-8H2,1-2H3,(H,21,22). The molecule has 2 heterocycles. The lowest BCUT2D eigenvalue weighted by Crippen LogP contribution is -2.50. The second-order valence-corrected chi connectivity index (χ2v) is 7.44. The van der Waals surface area contributed by atoms with Gasteiger partial charge in [0.2, 0.25) is 0 Å². The monoisotopic (exact) mass is 352 g/mol. The van der Waals surface area contributed by atoms with Crippen molar-refractivity contribution >= 4 is 11.8 Å². The molecule has 0 atom stereocenters. The van der Waals surface area contributed by atoms with Crippen molar-refractivity contribution in [3.63, 3.8) is 0 Å². The molecule has 1 aliphatic heterocycles. The van der Waals surface area contributed by atoms with E-state index in [9.17, 15) is 9.59 Å². The summed E-state index contributed by atoms with van der Waals surface area (Å²) in [5.74, 6) is 0.544. The van der Waals surface area contributed by atoms with Gasteiger partial charge in [-0.1, -0.05) is 17.2 Å². The highest BCUT2D eigenvalue weighted by atomic mass is 16.2. The Morgan fingerprint density at radius 3 is 2.08 bits per heavy atom. The minimum atomic E-state index is -0.0494. The molecule has 2 fully saturated rings. The Morgan fingerprint density at radius 1 is 0.923 bits per heavy atom. The number of amides is 2. The van der Waals surface area contributed by atoms with Gasteiger partial charge in [0.15, 0.2) is 0 Å². The maximum atomic E-state index is 12.7. The molecular formula is C20H24N4O2. The summed E-state index contributed by atoms with van der Waals surface area (Å²) in [5.41, 5.74) is 4.46. The van der Waals surface area contributed by atoms with Crippen LogP contribution in [0.5, 0.6) is 0 Å². The molecular weight excluding hydrogens is 328 g/mol. The highest BCUT2D eigenvalue weighted by molar-refractivity contribution is 5.95. The van der Waals surface area contributed by atoms with E-state index in [1.54, 1.807) is 4.90 Å². The number of aromatic amines is 1. The van der Waals surface area contributed by atoms with E-state index in [0.717, 1.165) is 22.4 Å². The summed E-state index contributed by atoms with van der Waals surface area (Å²) in [7, 11) is 0. The number of hydrogen-bond donors (Lipinski definition) is 1. The lowest BCUT2D eigenvalue weighted by atomic mass is 10.1. The maximum Gasteiger partial charge on any atom is 0.274 e. The van der Waals surface area contributed by atoms with Gasteiger partial charge in [-0.2, -0.15) is 5.10 Å². The highest BCUT2D eigenvalue weighted by Gasteiger charge is 2.29.